The third kappa shape index (κ3) is 3.89. The molecule has 8 heteroatoms. The molecule has 2 fully saturated rings. The minimum Gasteiger partial charge on any atom is -0.360 e. The number of aromatic nitrogens is 1. The van der Waals surface area contributed by atoms with Crippen molar-refractivity contribution in [3.63, 3.8) is 0 Å². The van der Waals surface area contributed by atoms with Crippen LogP contribution in [0, 0.1) is 19.8 Å². The molecule has 1 amide bonds. The van der Waals surface area contributed by atoms with E-state index in [1.807, 2.05) is 0 Å². The second-order valence-corrected chi connectivity index (χ2v) is 9.05. The monoisotopic (exact) mass is 369 g/mol. The molecule has 25 heavy (non-hydrogen) atoms. The van der Waals surface area contributed by atoms with Crippen LogP contribution in [0.5, 0.6) is 0 Å². The molecule has 1 N–H and O–H groups in total. The third-order valence-corrected chi connectivity index (χ3v) is 7.49. The van der Waals surface area contributed by atoms with Gasteiger partial charge in [-0.25, -0.2) is 8.42 Å². The molecule has 1 aromatic heterocycles. The van der Waals surface area contributed by atoms with Gasteiger partial charge in [-0.1, -0.05) is 24.4 Å². The van der Waals surface area contributed by atoms with Crippen molar-refractivity contribution in [3.05, 3.63) is 11.5 Å². The summed E-state index contributed by atoms with van der Waals surface area (Å²) in [5, 5.41) is 6.90. The Bertz CT molecular complexity index is 695. The first kappa shape index (κ1) is 18.4. The van der Waals surface area contributed by atoms with Gasteiger partial charge in [-0.2, -0.15) is 4.31 Å². The Kier molecular flexibility index (Phi) is 5.48. The highest BCUT2D eigenvalue weighted by Crippen LogP contribution is 2.28. The van der Waals surface area contributed by atoms with Gasteiger partial charge in [-0.15, -0.1) is 0 Å². The van der Waals surface area contributed by atoms with Gasteiger partial charge >= 0.3 is 0 Å². The minimum absolute atomic E-state index is 0.0845. The van der Waals surface area contributed by atoms with Crippen molar-refractivity contribution >= 4 is 15.9 Å². The van der Waals surface area contributed by atoms with Gasteiger partial charge in [0.1, 0.15) is 10.6 Å². The molecule has 7 nitrogen and oxygen atoms in total. The van der Waals surface area contributed by atoms with Gasteiger partial charge in [-0.05, 0) is 39.5 Å². The van der Waals surface area contributed by atoms with E-state index >= 15 is 0 Å². The summed E-state index contributed by atoms with van der Waals surface area (Å²) in [5.74, 6) is 0.300. The summed E-state index contributed by atoms with van der Waals surface area (Å²) >= 11 is 0. The summed E-state index contributed by atoms with van der Waals surface area (Å²) in [6.07, 6.45) is 6.85. The fourth-order valence-electron chi connectivity index (χ4n) is 3.90. The summed E-state index contributed by atoms with van der Waals surface area (Å²) in [6, 6.07) is 0.297. The molecule has 0 atom stereocenters. The molecule has 1 aromatic rings. The highest BCUT2D eigenvalue weighted by molar-refractivity contribution is 7.89. The first-order valence-corrected chi connectivity index (χ1v) is 10.6. The lowest BCUT2D eigenvalue weighted by atomic mass is 9.93. The van der Waals surface area contributed by atoms with Crippen LogP contribution in [0.15, 0.2) is 9.42 Å². The molecule has 0 unspecified atom stereocenters. The molecular formula is C17H27N3O4S. The van der Waals surface area contributed by atoms with Gasteiger partial charge in [0.15, 0.2) is 5.76 Å². The molecule has 140 valence electrons. The number of aryl methyl sites for hydroxylation is 2. The maximum Gasteiger partial charge on any atom is 0.248 e. The van der Waals surface area contributed by atoms with Gasteiger partial charge in [0.05, 0.1) is 0 Å². The predicted molar refractivity (Wildman–Crippen MR) is 92.5 cm³/mol. The lowest BCUT2D eigenvalue weighted by molar-refractivity contribution is -0.127. The van der Waals surface area contributed by atoms with Crippen LogP contribution in [-0.2, 0) is 14.8 Å². The SMILES string of the molecule is Cc1noc(C)c1S(=O)(=O)N1CCC(C(=O)NC2CCCCC2)CC1. The summed E-state index contributed by atoms with van der Waals surface area (Å²) in [6.45, 7) is 3.95. The van der Waals surface area contributed by atoms with Crippen LogP contribution in [0.4, 0.5) is 0 Å². The van der Waals surface area contributed by atoms with Crippen LogP contribution in [-0.4, -0.2) is 42.9 Å². The van der Waals surface area contributed by atoms with E-state index in [9.17, 15) is 13.2 Å². The Hall–Kier alpha value is -1.41. The van der Waals surface area contributed by atoms with E-state index in [1.54, 1.807) is 13.8 Å². The summed E-state index contributed by atoms with van der Waals surface area (Å²) in [5.41, 5.74) is 0.384. The van der Waals surface area contributed by atoms with Crippen LogP contribution in [0.25, 0.3) is 0 Å². The van der Waals surface area contributed by atoms with Gasteiger partial charge in [0.25, 0.3) is 0 Å². The zero-order valence-corrected chi connectivity index (χ0v) is 15.8. The lowest BCUT2D eigenvalue weighted by Crippen LogP contribution is -2.45. The van der Waals surface area contributed by atoms with E-state index in [0.29, 0.717) is 43.4 Å². The number of hydrogen-bond acceptors (Lipinski definition) is 5. The second kappa shape index (κ2) is 7.45. The van der Waals surface area contributed by atoms with Crippen LogP contribution in [0.2, 0.25) is 0 Å². The van der Waals surface area contributed by atoms with Gasteiger partial charge in [0.2, 0.25) is 15.9 Å². The van der Waals surface area contributed by atoms with E-state index in [4.69, 9.17) is 4.52 Å². The topological polar surface area (TPSA) is 92.5 Å². The number of nitrogens with zero attached hydrogens (tertiary/aromatic N) is 2. The van der Waals surface area contributed by atoms with Gasteiger partial charge < -0.3 is 9.84 Å². The third-order valence-electron chi connectivity index (χ3n) is 5.34. The smallest absolute Gasteiger partial charge is 0.248 e. The number of nitrogens with one attached hydrogen (secondary N) is 1. The molecule has 1 aliphatic carbocycles. The number of piperidine rings is 1. The molecular weight excluding hydrogens is 342 g/mol. The highest BCUT2D eigenvalue weighted by atomic mass is 32.2. The zero-order chi connectivity index (χ0) is 18.0. The molecule has 1 saturated heterocycles. The largest absolute Gasteiger partial charge is 0.360 e. The number of carbonyl (C=O) groups excluding carboxylic acids is 1. The number of sulfonamides is 1. The fraction of sp³-hybridized carbons (Fsp3) is 0.765. The molecule has 0 aromatic carbocycles. The first-order valence-electron chi connectivity index (χ1n) is 9.13. The Balaban J connectivity index is 1.59. The average molecular weight is 369 g/mol. The van der Waals surface area contributed by atoms with E-state index in [-0.39, 0.29) is 16.7 Å². The number of hydrogen-bond donors (Lipinski definition) is 1. The van der Waals surface area contributed by atoms with Crippen LogP contribution in [0.1, 0.15) is 56.4 Å². The molecule has 1 saturated carbocycles. The molecule has 0 radical (unpaired) electrons. The molecule has 1 aliphatic heterocycles. The van der Waals surface area contributed by atoms with Crippen molar-refractivity contribution in [2.75, 3.05) is 13.1 Å². The van der Waals surface area contributed by atoms with Crippen molar-refractivity contribution < 1.29 is 17.7 Å². The van der Waals surface area contributed by atoms with Crippen LogP contribution in [0.3, 0.4) is 0 Å². The minimum atomic E-state index is -3.61. The quantitative estimate of drug-likeness (QED) is 0.878. The van der Waals surface area contributed by atoms with E-state index in [2.05, 4.69) is 10.5 Å². The van der Waals surface area contributed by atoms with Gasteiger partial charge in [-0.3, -0.25) is 4.79 Å². The standard InChI is InChI=1S/C17H27N3O4S/c1-12-16(13(2)24-19-12)25(22,23)20-10-8-14(9-11-20)17(21)18-15-6-4-3-5-7-15/h14-15H,3-11H2,1-2H3,(H,18,21). The van der Waals surface area contributed by atoms with E-state index in [0.717, 1.165) is 12.8 Å². The molecule has 3 rings (SSSR count). The maximum absolute atomic E-state index is 12.8. The highest BCUT2D eigenvalue weighted by Gasteiger charge is 2.35. The number of carbonyl (C=O) groups is 1. The van der Waals surface area contributed by atoms with Crippen LogP contribution >= 0.6 is 0 Å². The Morgan fingerprint density at radius 1 is 1.12 bits per heavy atom. The lowest BCUT2D eigenvalue weighted by Gasteiger charge is -2.32. The van der Waals surface area contributed by atoms with Crippen molar-refractivity contribution in [2.24, 2.45) is 5.92 Å². The zero-order valence-electron chi connectivity index (χ0n) is 15.0. The Morgan fingerprint density at radius 2 is 1.76 bits per heavy atom. The Labute approximate surface area is 149 Å². The average Bonchev–Trinajstić information content (AvgIpc) is 2.95. The molecule has 0 spiro atoms. The van der Waals surface area contributed by atoms with Crippen molar-refractivity contribution in [3.8, 4) is 0 Å². The number of amides is 1. The van der Waals surface area contributed by atoms with Crippen molar-refractivity contribution in [2.45, 2.75) is 69.7 Å². The van der Waals surface area contributed by atoms with Crippen molar-refractivity contribution in [1.82, 2.24) is 14.8 Å². The van der Waals surface area contributed by atoms with Crippen molar-refractivity contribution in [1.29, 1.82) is 0 Å². The van der Waals surface area contributed by atoms with E-state index < -0.39 is 10.0 Å². The summed E-state index contributed by atoms with van der Waals surface area (Å²) in [4.78, 5) is 12.6. The van der Waals surface area contributed by atoms with Gasteiger partial charge in [0, 0.05) is 25.0 Å². The fourth-order valence-corrected chi connectivity index (χ4v) is 5.66. The second-order valence-electron chi connectivity index (χ2n) is 7.18. The Morgan fingerprint density at radius 3 is 2.32 bits per heavy atom. The van der Waals surface area contributed by atoms with E-state index in [1.165, 1.54) is 23.6 Å². The molecule has 0 bridgehead atoms. The molecule has 2 aliphatic rings. The number of rotatable bonds is 4. The summed E-state index contributed by atoms with van der Waals surface area (Å²) in [7, 11) is -3.61. The summed E-state index contributed by atoms with van der Waals surface area (Å²) < 4.78 is 32.1. The van der Waals surface area contributed by atoms with Crippen LogP contribution < -0.4 is 5.32 Å². The first-order chi connectivity index (χ1) is 11.9. The normalized spacial score (nSPS) is 21.4. The maximum atomic E-state index is 12.8. The predicted octanol–water partition coefficient (Wildman–Crippen LogP) is 2.14. The molecule has 2 heterocycles.